The van der Waals surface area contributed by atoms with Crippen molar-refractivity contribution in [2.75, 3.05) is 26.1 Å². The topological polar surface area (TPSA) is 56.8 Å². The Hall–Kier alpha value is -2.69. The number of hydrogen-bond donors (Lipinski definition) is 1. The van der Waals surface area contributed by atoms with Crippen molar-refractivity contribution >= 4 is 11.6 Å². The van der Waals surface area contributed by atoms with E-state index in [0.717, 1.165) is 17.0 Å². The Morgan fingerprint density at radius 2 is 1.61 bits per heavy atom. The SMILES string of the molecule is COc1cc(C)c(NC(=O)CCCOc2ccc(C(C)(C)C)cc2)cc1OC. The number of nitrogens with one attached hydrogen (secondary N) is 1. The minimum absolute atomic E-state index is 0.0537. The normalized spacial score (nSPS) is 11.1. The number of aryl methyl sites for hydroxylation is 1. The van der Waals surface area contributed by atoms with Crippen molar-refractivity contribution in [2.24, 2.45) is 0 Å². The Morgan fingerprint density at radius 1 is 1.00 bits per heavy atom. The third-order valence-corrected chi connectivity index (χ3v) is 4.54. The van der Waals surface area contributed by atoms with Crippen LogP contribution in [-0.4, -0.2) is 26.7 Å². The Labute approximate surface area is 168 Å². The molecule has 0 unspecified atom stereocenters. The second-order valence-corrected chi connectivity index (χ2v) is 7.80. The number of benzene rings is 2. The molecule has 0 saturated heterocycles. The largest absolute Gasteiger partial charge is 0.494 e. The Balaban J connectivity index is 1.82. The zero-order valence-electron chi connectivity index (χ0n) is 17.7. The fraction of sp³-hybridized carbons (Fsp3) is 0.435. The minimum Gasteiger partial charge on any atom is -0.494 e. The van der Waals surface area contributed by atoms with Crippen LogP contribution in [-0.2, 0) is 10.2 Å². The molecule has 0 aliphatic rings. The molecule has 5 nitrogen and oxygen atoms in total. The van der Waals surface area contributed by atoms with Gasteiger partial charge in [0.25, 0.3) is 0 Å². The van der Waals surface area contributed by atoms with Gasteiger partial charge in [-0.15, -0.1) is 0 Å². The van der Waals surface area contributed by atoms with Gasteiger partial charge < -0.3 is 19.5 Å². The summed E-state index contributed by atoms with van der Waals surface area (Å²) in [5.74, 6) is 2.00. The van der Waals surface area contributed by atoms with Gasteiger partial charge in [-0.25, -0.2) is 0 Å². The predicted octanol–water partition coefficient (Wildman–Crippen LogP) is 5.11. The number of carbonyl (C=O) groups is 1. The molecule has 0 spiro atoms. The molecule has 0 atom stereocenters. The fourth-order valence-electron chi connectivity index (χ4n) is 2.80. The predicted molar refractivity (Wildman–Crippen MR) is 113 cm³/mol. The molecule has 0 saturated carbocycles. The molecule has 5 heteroatoms. The smallest absolute Gasteiger partial charge is 0.224 e. The maximum Gasteiger partial charge on any atom is 0.224 e. The lowest BCUT2D eigenvalue weighted by Gasteiger charge is -2.19. The molecule has 0 aliphatic heterocycles. The summed E-state index contributed by atoms with van der Waals surface area (Å²) in [6.07, 6.45) is 1.02. The van der Waals surface area contributed by atoms with Gasteiger partial charge in [-0.2, -0.15) is 0 Å². The molecule has 0 aliphatic carbocycles. The second kappa shape index (κ2) is 9.49. The summed E-state index contributed by atoms with van der Waals surface area (Å²) in [6.45, 7) is 8.96. The second-order valence-electron chi connectivity index (χ2n) is 7.80. The first-order chi connectivity index (χ1) is 13.2. The highest BCUT2D eigenvalue weighted by Gasteiger charge is 2.13. The zero-order chi connectivity index (χ0) is 20.7. The number of hydrogen-bond acceptors (Lipinski definition) is 4. The van der Waals surface area contributed by atoms with E-state index in [1.165, 1.54) is 5.56 Å². The molecule has 0 fully saturated rings. The van der Waals surface area contributed by atoms with Gasteiger partial charge in [-0.3, -0.25) is 4.79 Å². The van der Waals surface area contributed by atoms with Gasteiger partial charge in [0.1, 0.15) is 5.75 Å². The average Bonchev–Trinajstić information content (AvgIpc) is 2.66. The summed E-state index contributed by atoms with van der Waals surface area (Å²) in [5.41, 5.74) is 3.03. The highest BCUT2D eigenvalue weighted by Crippen LogP contribution is 2.33. The van der Waals surface area contributed by atoms with Crippen LogP contribution >= 0.6 is 0 Å². The molecule has 2 rings (SSSR count). The van der Waals surface area contributed by atoms with Gasteiger partial charge in [0.15, 0.2) is 11.5 Å². The first kappa shape index (κ1) is 21.6. The van der Waals surface area contributed by atoms with Crippen molar-refractivity contribution < 1.29 is 19.0 Å². The van der Waals surface area contributed by atoms with Gasteiger partial charge in [0, 0.05) is 18.2 Å². The van der Waals surface area contributed by atoms with E-state index in [2.05, 4.69) is 38.2 Å². The van der Waals surface area contributed by atoms with E-state index < -0.39 is 0 Å². The summed E-state index contributed by atoms with van der Waals surface area (Å²) in [5, 5.41) is 2.93. The van der Waals surface area contributed by atoms with E-state index in [9.17, 15) is 4.79 Å². The standard InChI is InChI=1S/C23H31NO4/c1-16-14-20(26-5)21(27-6)15-19(16)24-22(25)8-7-13-28-18-11-9-17(10-12-18)23(2,3)4/h9-12,14-15H,7-8,13H2,1-6H3,(H,24,25). The molecule has 0 radical (unpaired) electrons. The first-order valence-corrected chi connectivity index (χ1v) is 9.50. The van der Waals surface area contributed by atoms with Crippen LogP contribution in [0.5, 0.6) is 17.2 Å². The Morgan fingerprint density at radius 3 is 2.18 bits per heavy atom. The van der Waals surface area contributed by atoms with Crippen molar-refractivity contribution in [3.8, 4) is 17.2 Å². The summed E-state index contributed by atoms with van der Waals surface area (Å²) < 4.78 is 16.3. The van der Waals surface area contributed by atoms with E-state index in [4.69, 9.17) is 14.2 Å². The van der Waals surface area contributed by atoms with E-state index in [1.807, 2.05) is 25.1 Å². The van der Waals surface area contributed by atoms with Crippen LogP contribution in [0.25, 0.3) is 0 Å². The third-order valence-electron chi connectivity index (χ3n) is 4.54. The molecular formula is C23H31NO4. The summed E-state index contributed by atoms with van der Waals surface area (Å²) in [7, 11) is 3.16. The van der Waals surface area contributed by atoms with Crippen molar-refractivity contribution in [1.29, 1.82) is 0 Å². The van der Waals surface area contributed by atoms with Crippen LogP contribution in [0.4, 0.5) is 5.69 Å². The van der Waals surface area contributed by atoms with Crippen LogP contribution in [0.15, 0.2) is 36.4 Å². The number of methoxy groups -OCH3 is 2. The summed E-state index contributed by atoms with van der Waals surface area (Å²) in [4.78, 5) is 12.2. The number of anilines is 1. The van der Waals surface area contributed by atoms with Crippen LogP contribution in [0, 0.1) is 6.92 Å². The van der Waals surface area contributed by atoms with Gasteiger partial charge in [0.05, 0.1) is 20.8 Å². The van der Waals surface area contributed by atoms with Crippen molar-refractivity contribution in [3.05, 3.63) is 47.5 Å². The zero-order valence-corrected chi connectivity index (χ0v) is 17.7. The maximum atomic E-state index is 12.2. The fourth-order valence-corrected chi connectivity index (χ4v) is 2.80. The third kappa shape index (κ3) is 5.91. The van der Waals surface area contributed by atoms with E-state index in [-0.39, 0.29) is 11.3 Å². The molecule has 2 aromatic rings. The molecular weight excluding hydrogens is 354 g/mol. The van der Waals surface area contributed by atoms with Crippen molar-refractivity contribution in [2.45, 2.75) is 46.0 Å². The highest BCUT2D eigenvalue weighted by atomic mass is 16.5. The number of carbonyl (C=O) groups excluding carboxylic acids is 1. The van der Waals surface area contributed by atoms with Crippen molar-refractivity contribution in [1.82, 2.24) is 0 Å². The molecule has 152 valence electrons. The van der Waals surface area contributed by atoms with Crippen LogP contribution in [0.2, 0.25) is 0 Å². The summed E-state index contributed by atoms with van der Waals surface area (Å²) >= 11 is 0. The lowest BCUT2D eigenvalue weighted by molar-refractivity contribution is -0.116. The van der Waals surface area contributed by atoms with Crippen LogP contribution in [0.1, 0.15) is 44.7 Å². The molecule has 1 N–H and O–H groups in total. The molecule has 0 aromatic heterocycles. The first-order valence-electron chi connectivity index (χ1n) is 9.50. The molecule has 2 aromatic carbocycles. The van der Waals surface area contributed by atoms with Gasteiger partial charge >= 0.3 is 0 Å². The van der Waals surface area contributed by atoms with Gasteiger partial charge in [0.2, 0.25) is 5.91 Å². The maximum absolute atomic E-state index is 12.2. The Bertz CT molecular complexity index is 791. The highest BCUT2D eigenvalue weighted by molar-refractivity contribution is 5.92. The van der Waals surface area contributed by atoms with E-state index >= 15 is 0 Å². The van der Waals surface area contributed by atoms with E-state index in [0.29, 0.717) is 30.9 Å². The lowest BCUT2D eigenvalue weighted by Crippen LogP contribution is -2.14. The van der Waals surface area contributed by atoms with Gasteiger partial charge in [-0.05, 0) is 48.1 Å². The number of amides is 1. The van der Waals surface area contributed by atoms with Crippen LogP contribution in [0.3, 0.4) is 0 Å². The lowest BCUT2D eigenvalue weighted by atomic mass is 9.87. The number of rotatable bonds is 8. The monoisotopic (exact) mass is 385 g/mol. The molecule has 1 amide bonds. The quantitative estimate of drug-likeness (QED) is 0.642. The van der Waals surface area contributed by atoms with Crippen molar-refractivity contribution in [3.63, 3.8) is 0 Å². The van der Waals surface area contributed by atoms with Gasteiger partial charge in [-0.1, -0.05) is 32.9 Å². The average molecular weight is 386 g/mol. The molecule has 0 heterocycles. The molecule has 28 heavy (non-hydrogen) atoms. The van der Waals surface area contributed by atoms with Crippen LogP contribution < -0.4 is 19.5 Å². The molecule has 0 bridgehead atoms. The number of ether oxygens (including phenoxy) is 3. The summed E-state index contributed by atoms with van der Waals surface area (Å²) in [6, 6.07) is 11.8. The van der Waals surface area contributed by atoms with E-state index in [1.54, 1.807) is 20.3 Å². The Kier molecular flexibility index (Phi) is 7.32. The minimum atomic E-state index is -0.0537.